The molecule has 6 heteroatoms. The summed E-state index contributed by atoms with van der Waals surface area (Å²) in [6, 6.07) is 4.68. The van der Waals surface area contributed by atoms with E-state index in [1.54, 1.807) is 17.0 Å². The molecule has 1 unspecified atom stereocenters. The Bertz CT molecular complexity index is 543. The van der Waals surface area contributed by atoms with E-state index in [1.807, 2.05) is 0 Å². The van der Waals surface area contributed by atoms with Gasteiger partial charge in [0.05, 0.1) is 6.10 Å². The average molecular weight is 291 g/mol. The van der Waals surface area contributed by atoms with Crippen molar-refractivity contribution >= 4 is 5.91 Å². The fourth-order valence-corrected chi connectivity index (χ4v) is 2.95. The van der Waals surface area contributed by atoms with Crippen LogP contribution in [-0.4, -0.2) is 66.1 Å². The van der Waals surface area contributed by atoms with Gasteiger partial charge in [-0.3, -0.25) is 14.5 Å². The number of aromatic nitrogens is 1. The zero-order chi connectivity index (χ0) is 14.7. The summed E-state index contributed by atoms with van der Waals surface area (Å²) in [5.41, 5.74) is 0.132. The Labute approximate surface area is 123 Å². The van der Waals surface area contributed by atoms with E-state index in [2.05, 4.69) is 9.88 Å². The Hall–Kier alpha value is -1.66. The predicted octanol–water partition coefficient (Wildman–Crippen LogP) is 0.312. The maximum Gasteiger partial charge on any atom is 0.270 e. The van der Waals surface area contributed by atoms with Gasteiger partial charge in [-0.15, -0.1) is 0 Å². The number of hydrogen-bond donors (Lipinski definition) is 1. The van der Waals surface area contributed by atoms with Gasteiger partial charge in [-0.05, 0) is 18.9 Å². The second-order valence-corrected chi connectivity index (χ2v) is 5.66. The molecule has 114 valence electrons. The van der Waals surface area contributed by atoms with Crippen molar-refractivity contribution in [3.05, 3.63) is 34.2 Å². The lowest BCUT2D eigenvalue weighted by Gasteiger charge is -2.35. The van der Waals surface area contributed by atoms with Crippen molar-refractivity contribution < 1.29 is 9.53 Å². The Kier molecular flexibility index (Phi) is 4.36. The van der Waals surface area contributed by atoms with Crippen molar-refractivity contribution in [1.29, 1.82) is 0 Å². The first-order valence-corrected chi connectivity index (χ1v) is 7.55. The molecule has 0 aromatic carbocycles. The molecule has 1 amide bonds. The highest BCUT2D eigenvalue weighted by Crippen LogP contribution is 2.15. The van der Waals surface area contributed by atoms with E-state index in [1.165, 1.54) is 6.07 Å². The van der Waals surface area contributed by atoms with Gasteiger partial charge in [0.2, 0.25) is 5.56 Å². The fourth-order valence-electron chi connectivity index (χ4n) is 2.95. The number of carbonyl (C=O) groups is 1. The maximum atomic E-state index is 12.3. The number of amides is 1. The summed E-state index contributed by atoms with van der Waals surface area (Å²) in [5.74, 6) is -0.0931. The number of nitrogens with one attached hydrogen (secondary N) is 1. The molecule has 3 heterocycles. The molecule has 2 aliphatic rings. The molecule has 6 nitrogen and oxygen atoms in total. The number of rotatable bonds is 3. The third kappa shape index (κ3) is 3.51. The Morgan fingerprint density at radius 1 is 1.29 bits per heavy atom. The molecule has 0 bridgehead atoms. The van der Waals surface area contributed by atoms with Crippen molar-refractivity contribution in [3.8, 4) is 0 Å². The number of hydrogen-bond acceptors (Lipinski definition) is 4. The molecule has 1 N–H and O–H groups in total. The second-order valence-electron chi connectivity index (χ2n) is 5.66. The highest BCUT2D eigenvalue weighted by molar-refractivity contribution is 5.92. The summed E-state index contributed by atoms with van der Waals surface area (Å²) >= 11 is 0. The van der Waals surface area contributed by atoms with Gasteiger partial charge in [-0.2, -0.15) is 0 Å². The first-order chi connectivity index (χ1) is 10.2. The molecule has 0 saturated carbocycles. The van der Waals surface area contributed by atoms with E-state index in [0.717, 1.165) is 39.1 Å². The van der Waals surface area contributed by atoms with Crippen LogP contribution in [0.5, 0.6) is 0 Å². The number of pyridine rings is 1. The van der Waals surface area contributed by atoms with Crippen LogP contribution in [-0.2, 0) is 4.74 Å². The molecule has 1 atom stereocenters. The minimum atomic E-state index is -0.238. The summed E-state index contributed by atoms with van der Waals surface area (Å²) < 4.78 is 5.65. The smallest absolute Gasteiger partial charge is 0.270 e. The summed E-state index contributed by atoms with van der Waals surface area (Å²) in [4.78, 5) is 30.3. The lowest BCUT2D eigenvalue weighted by molar-refractivity contribution is 0.0429. The number of ether oxygens (including phenoxy) is 1. The number of carbonyl (C=O) groups excluding carboxylic acids is 1. The van der Waals surface area contributed by atoms with Crippen LogP contribution in [0, 0.1) is 0 Å². The molecule has 2 fully saturated rings. The maximum absolute atomic E-state index is 12.3. The van der Waals surface area contributed by atoms with Crippen LogP contribution in [0.4, 0.5) is 0 Å². The van der Waals surface area contributed by atoms with E-state index in [0.29, 0.717) is 24.9 Å². The fraction of sp³-hybridized carbons (Fsp3) is 0.600. The number of aromatic amines is 1. The van der Waals surface area contributed by atoms with Gasteiger partial charge in [0.1, 0.15) is 5.69 Å². The summed E-state index contributed by atoms with van der Waals surface area (Å²) in [6.45, 7) is 4.96. The van der Waals surface area contributed by atoms with Gasteiger partial charge in [0, 0.05) is 45.4 Å². The number of nitrogens with zero attached hydrogens (tertiary/aromatic N) is 2. The Balaban J connectivity index is 1.53. The average Bonchev–Trinajstić information content (AvgIpc) is 3.00. The monoisotopic (exact) mass is 291 g/mol. The van der Waals surface area contributed by atoms with E-state index in [4.69, 9.17) is 4.74 Å². The molecular weight excluding hydrogens is 270 g/mol. The van der Waals surface area contributed by atoms with Crippen LogP contribution in [0.1, 0.15) is 23.3 Å². The Morgan fingerprint density at radius 2 is 2.10 bits per heavy atom. The van der Waals surface area contributed by atoms with Crippen LogP contribution < -0.4 is 5.56 Å². The zero-order valence-corrected chi connectivity index (χ0v) is 12.1. The molecule has 3 rings (SSSR count). The molecule has 2 saturated heterocycles. The molecular formula is C15H21N3O3. The summed E-state index contributed by atoms with van der Waals surface area (Å²) in [6.07, 6.45) is 2.66. The third-order valence-electron chi connectivity index (χ3n) is 4.14. The number of H-pyrrole nitrogens is 1. The lowest BCUT2D eigenvalue weighted by Crippen LogP contribution is -2.50. The van der Waals surface area contributed by atoms with E-state index in [-0.39, 0.29) is 11.5 Å². The third-order valence-corrected chi connectivity index (χ3v) is 4.14. The standard InChI is InChI=1S/C15H21N3O3/c19-14-5-1-4-13(16-14)15(20)18-8-6-17(7-9-18)11-12-3-2-10-21-12/h1,4-5,12H,2-3,6-11H2,(H,16,19). The van der Waals surface area contributed by atoms with E-state index >= 15 is 0 Å². The van der Waals surface area contributed by atoms with Crippen LogP contribution in [0.15, 0.2) is 23.0 Å². The largest absolute Gasteiger partial charge is 0.377 e. The van der Waals surface area contributed by atoms with E-state index in [9.17, 15) is 9.59 Å². The van der Waals surface area contributed by atoms with Gasteiger partial charge >= 0.3 is 0 Å². The lowest BCUT2D eigenvalue weighted by atomic mass is 10.2. The summed E-state index contributed by atoms with van der Waals surface area (Å²) in [7, 11) is 0. The first kappa shape index (κ1) is 14.3. The van der Waals surface area contributed by atoms with Crippen LogP contribution in [0.2, 0.25) is 0 Å². The van der Waals surface area contributed by atoms with Crippen LogP contribution >= 0.6 is 0 Å². The Morgan fingerprint density at radius 3 is 2.76 bits per heavy atom. The normalized spacial score (nSPS) is 23.4. The topological polar surface area (TPSA) is 65.6 Å². The summed E-state index contributed by atoms with van der Waals surface area (Å²) in [5, 5.41) is 0. The van der Waals surface area contributed by atoms with Gasteiger partial charge in [0.15, 0.2) is 0 Å². The highest BCUT2D eigenvalue weighted by Gasteiger charge is 2.25. The van der Waals surface area contributed by atoms with Crippen molar-refractivity contribution in [2.45, 2.75) is 18.9 Å². The van der Waals surface area contributed by atoms with Crippen molar-refractivity contribution in [1.82, 2.24) is 14.8 Å². The highest BCUT2D eigenvalue weighted by atomic mass is 16.5. The quantitative estimate of drug-likeness (QED) is 0.870. The first-order valence-electron chi connectivity index (χ1n) is 7.55. The van der Waals surface area contributed by atoms with Crippen LogP contribution in [0.3, 0.4) is 0 Å². The van der Waals surface area contributed by atoms with E-state index < -0.39 is 0 Å². The zero-order valence-electron chi connectivity index (χ0n) is 12.1. The predicted molar refractivity (Wildman–Crippen MR) is 78.4 cm³/mol. The van der Waals surface area contributed by atoms with Gasteiger partial charge in [-0.1, -0.05) is 6.07 Å². The molecule has 2 aliphatic heterocycles. The molecule has 21 heavy (non-hydrogen) atoms. The molecule has 1 aromatic heterocycles. The minimum Gasteiger partial charge on any atom is -0.377 e. The van der Waals surface area contributed by atoms with Crippen molar-refractivity contribution in [3.63, 3.8) is 0 Å². The van der Waals surface area contributed by atoms with Crippen LogP contribution in [0.25, 0.3) is 0 Å². The molecule has 1 aromatic rings. The van der Waals surface area contributed by atoms with Gasteiger partial charge < -0.3 is 14.6 Å². The van der Waals surface area contributed by atoms with Gasteiger partial charge in [-0.25, -0.2) is 0 Å². The SMILES string of the molecule is O=C(c1cccc(=O)[nH]1)N1CCN(CC2CCCO2)CC1. The molecule has 0 spiro atoms. The second kappa shape index (κ2) is 6.41. The van der Waals surface area contributed by atoms with Crippen molar-refractivity contribution in [2.75, 3.05) is 39.3 Å². The number of piperazine rings is 1. The molecule has 0 radical (unpaired) electrons. The van der Waals surface area contributed by atoms with Crippen molar-refractivity contribution in [2.24, 2.45) is 0 Å². The minimum absolute atomic E-state index is 0.0931. The molecule has 0 aliphatic carbocycles. The van der Waals surface area contributed by atoms with Gasteiger partial charge in [0.25, 0.3) is 5.91 Å².